The summed E-state index contributed by atoms with van der Waals surface area (Å²) in [6, 6.07) is 10.1. The Labute approximate surface area is 180 Å². The van der Waals surface area contributed by atoms with Gasteiger partial charge in [-0.2, -0.15) is 0 Å². The summed E-state index contributed by atoms with van der Waals surface area (Å²) in [5, 5.41) is 2.81. The van der Waals surface area contributed by atoms with E-state index in [1.54, 1.807) is 47.6 Å². The molecule has 4 rings (SSSR count). The SMILES string of the molecule is COC(=O)c1ccc(NC(=O)N2CCc3[nH]cnc3[C@@H]2c2ccc(Br)cc2F)cc1. The minimum Gasteiger partial charge on any atom is -0.465 e. The molecule has 0 aliphatic carbocycles. The number of ether oxygens (including phenoxy) is 1. The first-order valence-corrected chi connectivity index (χ1v) is 10.0. The number of esters is 1. The fourth-order valence-corrected chi connectivity index (χ4v) is 3.87. The standard InChI is InChI=1S/C21H18BrFN4O3/c1-30-20(28)12-2-5-14(6-3-12)26-21(29)27-9-8-17-18(25-11-24-17)19(27)15-7-4-13(22)10-16(15)23/h2-7,10-11,19H,8-9H2,1H3,(H,24,25)(H,26,29)/t19-/m0/s1. The molecule has 0 unspecified atom stereocenters. The molecule has 7 nitrogen and oxygen atoms in total. The second-order valence-electron chi connectivity index (χ2n) is 6.78. The molecule has 9 heteroatoms. The van der Waals surface area contributed by atoms with Crippen molar-refractivity contribution in [2.75, 3.05) is 19.0 Å². The quantitative estimate of drug-likeness (QED) is 0.557. The first-order valence-electron chi connectivity index (χ1n) is 9.21. The van der Waals surface area contributed by atoms with E-state index in [2.05, 4.69) is 36.0 Å². The predicted octanol–water partition coefficient (Wildman–Crippen LogP) is 4.28. The first kappa shape index (κ1) is 20.1. The third-order valence-corrected chi connectivity index (χ3v) is 5.49. The number of nitrogens with one attached hydrogen (secondary N) is 2. The normalized spacial score (nSPS) is 15.4. The third kappa shape index (κ3) is 3.80. The Bertz CT molecular complexity index is 1100. The van der Waals surface area contributed by atoms with Crippen LogP contribution in [0.5, 0.6) is 0 Å². The summed E-state index contributed by atoms with van der Waals surface area (Å²) in [4.78, 5) is 33.6. The highest BCUT2D eigenvalue weighted by Crippen LogP contribution is 2.35. The summed E-state index contributed by atoms with van der Waals surface area (Å²) in [6.45, 7) is 0.390. The lowest BCUT2D eigenvalue weighted by Gasteiger charge is -2.35. The van der Waals surface area contributed by atoms with Gasteiger partial charge in [-0.25, -0.2) is 19.0 Å². The number of methoxy groups -OCH3 is 1. The minimum atomic E-state index is -0.664. The molecule has 0 fully saturated rings. The zero-order valence-corrected chi connectivity index (χ0v) is 17.6. The van der Waals surface area contributed by atoms with E-state index >= 15 is 0 Å². The van der Waals surface area contributed by atoms with Crippen LogP contribution in [-0.4, -0.2) is 40.5 Å². The number of H-pyrrole nitrogens is 1. The fourth-order valence-electron chi connectivity index (χ4n) is 3.54. The highest BCUT2D eigenvalue weighted by atomic mass is 79.9. The van der Waals surface area contributed by atoms with Gasteiger partial charge in [0.05, 0.1) is 24.7 Å². The van der Waals surface area contributed by atoms with Crippen LogP contribution in [0.4, 0.5) is 14.9 Å². The number of rotatable bonds is 3. The minimum absolute atomic E-state index is 0.363. The van der Waals surface area contributed by atoms with Crippen LogP contribution in [0.2, 0.25) is 0 Å². The number of hydrogen-bond donors (Lipinski definition) is 2. The van der Waals surface area contributed by atoms with Gasteiger partial charge in [0.15, 0.2) is 0 Å². The van der Waals surface area contributed by atoms with Gasteiger partial charge >= 0.3 is 12.0 Å². The molecule has 1 aromatic heterocycles. The summed E-state index contributed by atoms with van der Waals surface area (Å²) in [5.41, 5.74) is 2.76. The Hall–Kier alpha value is -3.20. The second kappa shape index (κ2) is 8.27. The molecule has 0 spiro atoms. The van der Waals surface area contributed by atoms with Gasteiger partial charge in [0.2, 0.25) is 0 Å². The van der Waals surface area contributed by atoms with Crippen molar-refractivity contribution >= 4 is 33.6 Å². The summed E-state index contributed by atoms with van der Waals surface area (Å²) in [7, 11) is 1.30. The number of carbonyl (C=O) groups is 2. The number of fused-ring (bicyclic) bond motifs is 1. The molecule has 2 aromatic carbocycles. The van der Waals surface area contributed by atoms with E-state index in [0.717, 1.165) is 5.69 Å². The molecule has 2 N–H and O–H groups in total. The first-order chi connectivity index (χ1) is 14.5. The van der Waals surface area contributed by atoms with E-state index in [1.807, 2.05) is 0 Å². The average molecular weight is 473 g/mol. The third-order valence-electron chi connectivity index (χ3n) is 5.00. The van der Waals surface area contributed by atoms with Crippen LogP contribution in [-0.2, 0) is 11.2 Å². The number of amides is 2. The van der Waals surface area contributed by atoms with Crippen LogP contribution in [0.25, 0.3) is 0 Å². The Kier molecular flexibility index (Phi) is 5.54. The number of anilines is 1. The summed E-state index contributed by atoms with van der Waals surface area (Å²) in [6.07, 6.45) is 2.14. The number of benzene rings is 2. The number of aromatic amines is 1. The highest BCUT2D eigenvalue weighted by molar-refractivity contribution is 9.10. The molecule has 1 aliphatic heterocycles. The summed E-state index contributed by atoms with van der Waals surface area (Å²) >= 11 is 3.27. The van der Waals surface area contributed by atoms with Crippen LogP contribution in [0.1, 0.15) is 33.4 Å². The number of urea groups is 1. The number of imidazole rings is 1. The Morgan fingerprint density at radius 2 is 2.03 bits per heavy atom. The van der Waals surface area contributed by atoms with Crippen LogP contribution in [0.15, 0.2) is 53.3 Å². The fraction of sp³-hybridized carbons (Fsp3) is 0.190. The number of nitrogens with zero attached hydrogens (tertiary/aromatic N) is 2. The molecule has 3 aromatic rings. The molecular weight excluding hydrogens is 455 g/mol. The van der Waals surface area contributed by atoms with Gasteiger partial charge < -0.3 is 19.9 Å². The Balaban J connectivity index is 1.63. The molecule has 30 heavy (non-hydrogen) atoms. The zero-order chi connectivity index (χ0) is 21.3. The van der Waals surface area contributed by atoms with Gasteiger partial charge in [0.25, 0.3) is 0 Å². The van der Waals surface area contributed by atoms with Gasteiger partial charge in [-0.1, -0.05) is 22.0 Å². The van der Waals surface area contributed by atoms with Crippen molar-refractivity contribution in [2.45, 2.75) is 12.5 Å². The number of halogens is 2. The molecule has 1 atom stereocenters. The maximum atomic E-state index is 14.8. The van der Waals surface area contributed by atoms with Crippen LogP contribution < -0.4 is 5.32 Å². The van der Waals surface area contributed by atoms with E-state index in [1.165, 1.54) is 13.2 Å². The number of carbonyl (C=O) groups excluding carboxylic acids is 2. The molecule has 154 valence electrons. The smallest absolute Gasteiger partial charge is 0.337 e. The van der Waals surface area contributed by atoms with E-state index in [-0.39, 0.29) is 6.03 Å². The largest absolute Gasteiger partial charge is 0.465 e. The van der Waals surface area contributed by atoms with Gasteiger partial charge in [0, 0.05) is 34.4 Å². The summed E-state index contributed by atoms with van der Waals surface area (Å²) in [5.74, 6) is -0.883. The second-order valence-corrected chi connectivity index (χ2v) is 7.69. The molecular formula is C21H18BrFN4O3. The molecule has 1 aliphatic rings. The Morgan fingerprint density at radius 1 is 1.27 bits per heavy atom. The molecule has 0 saturated heterocycles. The van der Waals surface area contributed by atoms with Crippen molar-refractivity contribution in [3.8, 4) is 0 Å². The molecule has 0 bridgehead atoms. The van der Waals surface area contributed by atoms with Crippen molar-refractivity contribution in [1.82, 2.24) is 14.9 Å². The van der Waals surface area contributed by atoms with E-state index in [4.69, 9.17) is 0 Å². The van der Waals surface area contributed by atoms with E-state index < -0.39 is 17.8 Å². The van der Waals surface area contributed by atoms with Gasteiger partial charge in [-0.05, 0) is 36.4 Å². The molecule has 0 saturated carbocycles. The van der Waals surface area contributed by atoms with Crippen molar-refractivity contribution in [3.05, 3.63) is 81.6 Å². The molecule has 2 heterocycles. The van der Waals surface area contributed by atoms with E-state index in [9.17, 15) is 14.0 Å². The lowest BCUT2D eigenvalue weighted by molar-refractivity contribution is 0.0600. The molecule has 0 radical (unpaired) electrons. The van der Waals surface area contributed by atoms with Crippen molar-refractivity contribution in [2.24, 2.45) is 0 Å². The highest BCUT2D eigenvalue weighted by Gasteiger charge is 2.35. The predicted molar refractivity (Wildman–Crippen MR) is 112 cm³/mol. The maximum absolute atomic E-state index is 14.8. The lowest BCUT2D eigenvalue weighted by Crippen LogP contribution is -2.43. The van der Waals surface area contributed by atoms with Gasteiger partial charge in [-0.15, -0.1) is 0 Å². The van der Waals surface area contributed by atoms with E-state index in [0.29, 0.717) is 39.9 Å². The lowest BCUT2D eigenvalue weighted by atomic mass is 9.95. The maximum Gasteiger partial charge on any atom is 0.337 e. The summed E-state index contributed by atoms with van der Waals surface area (Å²) < 4.78 is 20.1. The van der Waals surface area contributed by atoms with Crippen molar-refractivity contribution in [1.29, 1.82) is 0 Å². The van der Waals surface area contributed by atoms with Gasteiger partial charge in [-0.3, -0.25) is 0 Å². The monoisotopic (exact) mass is 472 g/mol. The topological polar surface area (TPSA) is 87.3 Å². The van der Waals surface area contributed by atoms with Crippen LogP contribution in [0, 0.1) is 5.82 Å². The number of hydrogen-bond acceptors (Lipinski definition) is 4. The van der Waals surface area contributed by atoms with Crippen LogP contribution in [0.3, 0.4) is 0 Å². The molecule has 2 amide bonds. The van der Waals surface area contributed by atoms with Crippen molar-refractivity contribution in [3.63, 3.8) is 0 Å². The number of aromatic nitrogens is 2. The average Bonchev–Trinajstić information content (AvgIpc) is 3.22. The zero-order valence-electron chi connectivity index (χ0n) is 16.0. The van der Waals surface area contributed by atoms with Crippen molar-refractivity contribution < 1.29 is 18.7 Å². The van der Waals surface area contributed by atoms with Gasteiger partial charge in [0.1, 0.15) is 11.9 Å². The van der Waals surface area contributed by atoms with Crippen LogP contribution >= 0.6 is 15.9 Å². The Morgan fingerprint density at radius 3 is 2.73 bits per heavy atom.